The molecular weight excluding hydrogens is 328 g/mol. The van der Waals surface area contributed by atoms with E-state index in [0.717, 1.165) is 19.3 Å². The van der Waals surface area contributed by atoms with E-state index in [-0.39, 0.29) is 36.5 Å². The Morgan fingerprint density at radius 1 is 1.00 bits per heavy atom. The van der Waals surface area contributed by atoms with Crippen molar-refractivity contribution in [1.82, 2.24) is 0 Å². The zero-order valence-electron chi connectivity index (χ0n) is 16.9. The van der Waals surface area contributed by atoms with Crippen molar-refractivity contribution < 1.29 is 19.1 Å². The molecule has 0 bridgehead atoms. The predicted octanol–water partition coefficient (Wildman–Crippen LogP) is 5.27. The molecule has 1 aromatic carbocycles. The highest BCUT2D eigenvalue weighted by Gasteiger charge is 2.37. The highest BCUT2D eigenvalue weighted by molar-refractivity contribution is 5.89. The number of ether oxygens (including phenoxy) is 2. The van der Waals surface area contributed by atoms with Gasteiger partial charge in [0.1, 0.15) is 13.2 Å². The van der Waals surface area contributed by atoms with Crippen molar-refractivity contribution in [3.8, 4) is 0 Å². The molecule has 4 heteroatoms. The van der Waals surface area contributed by atoms with Crippen molar-refractivity contribution in [1.29, 1.82) is 0 Å². The predicted molar refractivity (Wildman–Crippen MR) is 104 cm³/mol. The number of benzene rings is 1. The Hall–Kier alpha value is -1.84. The van der Waals surface area contributed by atoms with E-state index in [1.165, 1.54) is 0 Å². The molecule has 0 saturated carbocycles. The third-order valence-electron chi connectivity index (χ3n) is 4.92. The average molecular weight is 363 g/mol. The lowest BCUT2D eigenvalue weighted by atomic mass is 9.73. The Bertz CT molecular complexity index is 551. The molecule has 0 fully saturated rings. The Balaban J connectivity index is 2.85. The minimum atomic E-state index is -0.363. The van der Waals surface area contributed by atoms with Crippen LogP contribution in [0.4, 0.5) is 0 Å². The van der Waals surface area contributed by atoms with Gasteiger partial charge in [-0.25, -0.2) is 4.79 Å². The quantitative estimate of drug-likeness (QED) is 0.504. The van der Waals surface area contributed by atoms with Crippen LogP contribution in [0, 0.1) is 17.3 Å². The maximum atomic E-state index is 12.4. The second-order valence-corrected chi connectivity index (χ2v) is 7.80. The molecule has 0 aliphatic carbocycles. The molecule has 4 nitrogen and oxygen atoms in total. The zero-order chi connectivity index (χ0) is 19.6. The van der Waals surface area contributed by atoms with Crippen LogP contribution in [-0.2, 0) is 14.3 Å². The largest absolute Gasteiger partial charge is 0.465 e. The van der Waals surface area contributed by atoms with Gasteiger partial charge in [-0.15, -0.1) is 0 Å². The van der Waals surface area contributed by atoms with Gasteiger partial charge in [0.2, 0.25) is 0 Å². The van der Waals surface area contributed by atoms with Crippen LogP contribution in [0.1, 0.15) is 70.7 Å². The lowest BCUT2D eigenvalue weighted by molar-refractivity contribution is -0.150. The van der Waals surface area contributed by atoms with E-state index in [2.05, 4.69) is 27.7 Å². The van der Waals surface area contributed by atoms with E-state index in [4.69, 9.17) is 9.47 Å². The summed E-state index contributed by atoms with van der Waals surface area (Å²) in [5.74, 6) is 0.236. The van der Waals surface area contributed by atoms with Crippen LogP contribution in [-0.4, -0.2) is 25.2 Å². The number of rotatable bonds is 11. The maximum absolute atomic E-state index is 12.4. The molecule has 1 aromatic rings. The summed E-state index contributed by atoms with van der Waals surface area (Å²) in [4.78, 5) is 24.2. The van der Waals surface area contributed by atoms with Crippen LogP contribution in [0.15, 0.2) is 30.3 Å². The number of carbonyl (C=O) groups excluding carboxylic acids is 2. The molecule has 146 valence electrons. The van der Waals surface area contributed by atoms with E-state index < -0.39 is 0 Å². The van der Waals surface area contributed by atoms with Gasteiger partial charge in [-0.2, -0.15) is 0 Å². The van der Waals surface area contributed by atoms with Crippen LogP contribution < -0.4 is 0 Å². The van der Waals surface area contributed by atoms with Gasteiger partial charge in [-0.1, -0.05) is 59.2 Å². The van der Waals surface area contributed by atoms with Gasteiger partial charge in [0.15, 0.2) is 0 Å². The van der Waals surface area contributed by atoms with E-state index in [0.29, 0.717) is 17.9 Å². The van der Waals surface area contributed by atoms with Crippen molar-refractivity contribution in [2.75, 3.05) is 13.2 Å². The van der Waals surface area contributed by atoms with E-state index in [1.807, 2.05) is 25.1 Å². The van der Waals surface area contributed by atoms with Crippen LogP contribution in [0.25, 0.3) is 0 Å². The molecule has 1 unspecified atom stereocenters. The summed E-state index contributed by atoms with van der Waals surface area (Å²) in [6.45, 7) is 11.0. The molecule has 0 aromatic heterocycles. The van der Waals surface area contributed by atoms with Gasteiger partial charge in [0.05, 0.1) is 5.56 Å². The first-order valence-electron chi connectivity index (χ1n) is 9.68. The lowest BCUT2D eigenvalue weighted by Gasteiger charge is -2.37. The second-order valence-electron chi connectivity index (χ2n) is 7.80. The van der Waals surface area contributed by atoms with Gasteiger partial charge in [0, 0.05) is 11.8 Å². The fraction of sp³-hybridized carbons (Fsp3) is 0.636. The molecule has 0 saturated heterocycles. The highest BCUT2D eigenvalue weighted by atomic mass is 16.5. The molecule has 0 heterocycles. The standard InChI is InChI=1S/C22H34O4/c1-6-10-20(23)25-15-22(18(4)5,14-13-17(2)3)16-26-21(24)19-11-8-7-9-12-19/h7-9,11-12,17-18H,6,10,13-16H2,1-5H3. The molecule has 1 atom stereocenters. The average Bonchev–Trinajstić information content (AvgIpc) is 2.61. The SMILES string of the molecule is CCCC(=O)OCC(CCC(C)C)(COC(=O)c1ccccc1)C(C)C. The molecule has 26 heavy (non-hydrogen) atoms. The van der Waals surface area contributed by atoms with Crippen molar-refractivity contribution >= 4 is 11.9 Å². The maximum Gasteiger partial charge on any atom is 0.338 e. The van der Waals surface area contributed by atoms with Gasteiger partial charge in [-0.3, -0.25) is 4.79 Å². The minimum absolute atomic E-state index is 0.184. The van der Waals surface area contributed by atoms with Crippen molar-refractivity contribution in [3.05, 3.63) is 35.9 Å². The van der Waals surface area contributed by atoms with Crippen LogP contribution in [0.5, 0.6) is 0 Å². The lowest BCUT2D eigenvalue weighted by Crippen LogP contribution is -2.39. The Kier molecular flexibility index (Phi) is 9.39. The number of hydrogen-bond acceptors (Lipinski definition) is 4. The van der Waals surface area contributed by atoms with E-state index in [1.54, 1.807) is 12.1 Å². The molecule has 0 radical (unpaired) electrons. The first-order chi connectivity index (χ1) is 12.3. The number of hydrogen-bond donors (Lipinski definition) is 0. The Morgan fingerprint density at radius 2 is 1.62 bits per heavy atom. The molecule has 0 amide bonds. The third kappa shape index (κ3) is 7.19. The Morgan fingerprint density at radius 3 is 2.15 bits per heavy atom. The molecule has 0 N–H and O–H groups in total. The fourth-order valence-corrected chi connectivity index (χ4v) is 2.75. The fourth-order valence-electron chi connectivity index (χ4n) is 2.75. The van der Waals surface area contributed by atoms with Crippen molar-refractivity contribution in [3.63, 3.8) is 0 Å². The van der Waals surface area contributed by atoms with Gasteiger partial charge >= 0.3 is 11.9 Å². The van der Waals surface area contributed by atoms with Gasteiger partial charge in [0.25, 0.3) is 0 Å². The minimum Gasteiger partial charge on any atom is -0.465 e. The first kappa shape index (κ1) is 22.2. The summed E-state index contributed by atoms with van der Waals surface area (Å²) in [6, 6.07) is 8.99. The summed E-state index contributed by atoms with van der Waals surface area (Å²) in [5, 5.41) is 0. The van der Waals surface area contributed by atoms with Gasteiger partial charge < -0.3 is 9.47 Å². The van der Waals surface area contributed by atoms with E-state index in [9.17, 15) is 9.59 Å². The van der Waals surface area contributed by atoms with Crippen molar-refractivity contribution in [2.24, 2.45) is 17.3 Å². The summed E-state index contributed by atoms with van der Waals surface area (Å²) >= 11 is 0. The smallest absolute Gasteiger partial charge is 0.338 e. The van der Waals surface area contributed by atoms with Crippen molar-refractivity contribution in [2.45, 2.75) is 60.3 Å². The van der Waals surface area contributed by atoms with E-state index >= 15 is 0 Å². The zero-order valence-corrected chi connectivity index (χ0v) is 16.9. The van der Waals surface area contributed by atoms with Crippen LogP contribution >= 0.6 is 0 Å². The number of carbonyl (C=O) groups is 2. The molecule has 0 spiro atoms. The first-order valence-corrected chi connectivity index (χ1v) is 9.68. The number of esters is 2. The summed E-state index contributed by atoms with van der Waals surface area (Å²) < 4.78 is 11.2. The van der Waals surface area contributed by atoms with Crippen LogP contribution in [0.3, 0.4) is 0 Å². The monoisotopic (exact) mass is 362 g/mol. The molecular formula is C22H34O4. The summed E-state index contributed by atoms with van der Waals surface area (Å²) in [7, 11) is 0. The third-order valence-corrected chi connectivity index (χ3v) is 4.92. The van der Waals surface area contributed by atoms with Crippen LogP contribution in [0.2, 0.25) is 0 Å². The van der Waals surface area contributed by atoms with Gasteiger partial charge in [-0.05, 0) is 36.8 Å². The second kappa shape index (κ2) is 11.0. The summed E-state index contributed by atoms with van der Waals surface area (Å²) in [6.07, 6.45) is 3.03. The molecule has 1 rings (SSSR count). The normalized spacial score (nSPS) is 13.5. The molecule has 0 aliphatic heterocycles. The molecule has 0 aliphatic rings. The Labute approximate surface area is 158 Å². The highest BCUT2D eigenvalue weighted by Crippen LogP contribution is 2.35. The topological polar surface area (TPSA) is 52.6 Å². The summed E-state index contributed by atoms with van der Waals surface area (Å²) in [5.41, 5.74) is 0.176.